The van der Waals surface area contributed by atoms with Crippen molar-refractivity contribution in [2.45, 2.75) is 88.9 Å². The fraction of sp³-hybridized carbons (Fsp3) is 0.645. The van der Waals surface area contributed by atoms with Crippen LogP contribution in [0.25, 0.3) is 17.4 Å². The Balaban J connectivity index is 1.26. The van der Waals surface area contributed by atoms with Gasteiger partial charge < -0.3 is 75.5 Å². The summed E-state index contributed by atoms with van der Waals surface area (Å²) in [5, 5.41) is 1.47. The molecule has 1 aromatic rings. The summed E-state index contributed by atoms with van der Waals surface area (Å²) in [6.45, 7) is 22.2. The van der Waals surface area contributed by atoms with Crippen molar-refractivity contribution in [1.29, 1.82) is 0 Å². The zero-order chi connectivity index (χ0) is 62.1. The van der Waals surface area contributed by atoms with Crippen molar-refractivity contribution in [3.63, 3.8) is 0 Å². The number of allylic oxidation sites excluding steroid dienone is 3. The Morgan fingerprint density at radius 1 is 0.640 bits per heavy atom. The predicted octanol–water partition coefficient (Wildman–Crippen LogP) is 5.68. The van der Waals surface area contributed by atoms with E-state index in [1.165, 1.54) is 12.1 Å². The van der Waals surface area contributed by atoms with Crippen molar-refractivity contribution in [3.05, 3.63) is 82.6 Å². The van der Waals surface area contributed by atoms with E-state index in [1.807, 2.05) is 50.3 Å². The molecule has 0 unspecified atom stereocenters. The lowest BCUT2D eigenvalue weighted by molar-refractivity contribution is -0.197. The first-order valence-corrected chi connectivity index (χ1v) is 31.1. The molecule has 1 aliphatic carbocycles. The van der Waals surface area contributed by atoms with Gasteiger partial charge in [-0.25, -0.2) is 17.8 Å². The largest absolute Gasteiger partial charge is 0.744 e. The first kappa shape index (κ1) is 71.7. The van der Waals surface area contributed by atoms with E-state index in [-0.39, 0.29) is 29.6 Å². The molecule has 0 N–H and O–H groups in total. The average Bonchev–Trinajstić information content (AvgIpc) is 2.05. The second-order valence-electron chi connectivity index (χ2n) is 21.8. The van der Waals surface area contributed by atoms with Gasteiger partial charge in [-0.3, -0.25) is 9.59 Å². The molecule has 1 fully saturated rings. The number of hydrogen-bond acceptors (Lipinski definition) is 21. The monoisotopic (exact) mass is 1230 g/mol. The Kier molecular flexibility index (Phi) is 32.6. The van der Waals surface area contributed by atoms with Gasteiger partial charge in [0.05, 0.1) is 143 Å². The van der Waals surface area contributed by atoms with E-state index in [0.717, 1.165) is 33.6 Å². The lowest BCUT2D eigenvalue weighted by atomic mass is 9.83. The van der Waals surface area contributed by atoms with Gasteiger partial charge in [-0.1, -0.05) is 53.2 Å². The molecule has 1 saturated heterocycles. The van der Waals surface area contributed by atoms with Crippen molar-refractivity contribution >= 4 is 39.7 Å². The lowest BCUT2D eigenvalue weighted by Gasteiger charge is -2.27. The Morgan fingerprint density at radius 3 is 1.58 bits per heavy atom. The van der Waals surface area contributed by atoms with Gasteiger partial charge in [0.25, 0.3) is 11.8 Å². The summed E-state index contributed by atoms with van der Waals surface area (Å²) in [5.74, 6) is -0.263. The SMILES string of the molecule is COCCOCCOCCOCCOCCOCC[N+](CCOCCOCCOCCOCCOCCOC)=c1ccc2c(/C=C/C=C3/N(CCCCCC(=O)ON4C(=O)CCC4=O)c4ccc(S(=O)(=O)[O-])cc4C3(C)C)cc(C(C)(C)C)oc-2c1. The number of methoxy groups -OCH3 is 2. The number of imide groups is 1. The third-order valence-electron chi connectivity index (χ3n) is 13.9. The number of hydrogen-bond donors (Lipinski definition) is 0. The molecule has 0 atom stereocenters. The number of nitrogens with zero attached hydrogens (tertiary/aromatic N) is 3. The molecular formula is C62H93N3O20S. The molecule has 24 heteroatoms. The van der Waals surface area contributed by atoms with Crippen LogP contribution in [0.5, 0.6) is 0 Å². The molecule has 1 aromatic carbocycles. The maximum absolute atomic E-state index is 12.5. The summed E-state index contributed by atoms with van der Waals surface area (Å²) < 4.78 is 112. The fourth-order valence-electron chi connectivity index (χ4n) is 9.19. The highest BCUT2D eigenvalue weighted by Gasteiger charge is 2.40. The molecule has 482 valence electrons. The number of fused-ring (bicyclic) bond motifs is 2. The maximum Gasteiger partial charge on any atom is 0.333 e. The Hall–Kier alpha value is -5.03. The number of hydroxylamine groups is 2. The third kappa shape index (κ3) is 25.2. The molecule has 3 heterocycles. The predicted molar refractivity (Wildman–Crippen MR) is 319 cm³/mol. The lowest BCUT2D eigenvalue weighted by Crippen LogP contribution is -2.36. The average molecular weight is 1230 g/mol. The molecule has 0 radical (unpaired) electrons. The van der Waals surface area contributed by atoms with Crippen molar-refractivity contribution in [1.82, 2.24) is 9.64 Å². The molecule has 0 bridgehead atoms. The summed E-state index contributed by atoms with van der Waals surface area (Å²) in [5.41, 5.74) is 3.06. The second kappa shape index (κ2) is 39.1. The minimum atomic E-state index is -4.74. The van der Waals surface area contributed by atoms with Gasteiger partial charge in [-0.15, -0.1) is 5.06 Å². The van der Waals surface area contributed by atoms with Gasteiger partial charge in [0.15, 0.2) is 13.1 Å². The molecule has 5 rings (SSSR count). The zero-order valence-corrected chi connectivity index (χ0v) is 52.4. The molecule has 0 spiro atoms. The maximum atomic E-state index is 12.5. The Morgan fingerprint density at radius 2 is 1.12 bits per heavy atom. The fourth-order valence-corrected chi connectivity index (χ4v) is 9.68. The van der Waals surface area contributed by atoms with Crippen molar-refractivity contribution in [2.75, 3.05) is 184 Å². The van der Waals surface area contributed by atoms with E-state index in [9.17, 15) is 27.4 Å². The minimum Gasteiger partial charge on any atom is -0.744 e. The quantitative estimate of drug-likeness (QED) is 0.0285. The number of carbonyl (C=O) groups is 3. The van der Waals surface area contributed by atoms with E-state index in [4.69, 9.17) is 66.1 Å². The molecule has 86 heavy (non-hydrogen) atoms. The van der Waals surface area contributed by atoms with Crippen LogP contribution in [-0.4, -0.2) is 215 Å². The van der Waals surface area contributed by atoms with Crippen LogP contribution in [0, 0.1) is 0 Å². The van der Waals surface area contributed by atoms with Crippen molar-refractivity contribution < 1.29 is 93.5 Å². The van der Waals surface area contributed by atoms with Crippen molar-refractivity contribution in [2.24, 2.45) is 0 Å². The zero-order valence-electron chi connectivity index (χ0n) is 51.6. The third-order valence-corrected chi connectivity index (χ3v) is 14.7. The van der Waals surface area contributed by atoms with Crippen LogP contribution >= 0.6 is 0 Å². The summed E-state index contributed by atoms with van der Waals surface area (Å²) in [7, 11) is -1.47. The van der Waals surface area contributed by atoms with Crippen LogP contribution < -0.4 is 14.8 Å². The van der Waals surface area contributed by atoms with Crippen LogP contribution in [0.4, 0.5) is 5.69 Å². The minimum absolute atomic E-state index is 0.0172. The highest BCUT2D eigenvalue weighted by Crippen LogP contribution is 2.48. The normalized spacial score (nSPS) is 14.9. The van der Waals surface area contributed by atoms with Gasteiger partial charge in [0.2, 0.25) is 5.36 Å². The van der Waals surface area contributed by atoms with E-state index in [0.29, 0.717) is 201 Å². The van der Waals surface area contributed by atoms with Gasteiger partial charge in [-0.2, -0.15) is 0 Å². The molecule has 2 amide bonds. The highest BCUT2D eigenvalue weighted by molar-refractivity contribution is 7.85. The number of ether oxygens (including phenoxy) is 12. The van der Waals surface area contributed by atoms with Gasteiger partial charge in [-0.05, 0) is 60.4 Å². The van der Waals surface area contributed by atoms with Crippen molar-refractivity contribution in [3.8, 4) is 11.3 Å². The number of anilines is 1. The summed E-state index contributed by atoms with van der Waals surface area (Å²) >= 11 is 0. The Labute approximate surface area is 507 Å². The number of unbranched alkanes of at least 4 members (excludes halogenated alkanes) is 2. The topological polar surface area (TPSA) is 251 Å². The van der Waals surface area contributed by atoms with E-state index < -0.39 is 33.3 Å². The molecule has 4 aliphatic rings. The highest BCUT2D eigenvalue weighted by atomic mass is 32.2. The molecule has 3 aliphatic heterocycles. The molecular weight excluding hydrogens is 1140 g/mol. The molecule has 0 saturated carbocycles. The van der Waals surface area contributed by atoms with Gasteiger partial charge in [0.1, 0.15) is 34.9 Å². The summed E-state index contributed by atoms with van der Waals surface area (Å²) in [6.07, 6.45) is 7.77. The molecule has 23 nitrogen and oxygen atoms in total. The number of benzene rings is 2. The van der Waals surface area contributed by atoms with E-state index in [2.05, 4.69) is 36.3 Å². The van der Waals surface area contributed by atoms with E-state index >= 15 is 0 Å². The number of carbonyl (C=O) groups excluding carboxylic acids is 3. The standard InChI is InChI=1S/C62H93N3O20S/c1-61(2,3)57-46-49(12-11-13-56-62(4,5)53-48-51(86(69,70)71)16-18-54(53)64(56)21-10-8-9-14-60(68)85-65-58(66)19-20-59(65)67)52-17-15-50(47-55(52)84-57)63(22-24-74-30-32-78-38-40-82-44-42-80-36-34-76-28-26-72-6)23-25-75-31-33-79-39-41-83-45-43-81-37-35-77-29-27-73-7/h11-13,15-18,46-48H,8-10,14,19-45H2,1-7H3. The van der Waals surface area contributed by atoms with Crippen LogP contribution in [0.3, 0.4) is 0 Å². The first-order valence-electron chi connectivity index (χ1n) is 29.7. The van der Waals surface area contributed by atoms with Gasteiger partial charge in [0, 0.05) is 73.9 Å². The van der Waals surface area contributed by atoms with Crippen LogP contribution in [0.15, 0.2) is 69.6 Å². The van der Waals surface area contributed by atoms with Gasteiger partial charge >= 0.3 is 5.97 Å². The smallest absolute Gasteiger partial charge is 0.333 e. The molecule has 0 aromatic heterocycles. The summed E-state index contributed by atoms with van der Waals surface area (Å²) in [6, 6.07) is 12.7. The van der Waals surface area contributed by atoms with Crippen LogP contribution in [0.1, 0.15) is 90.0 Å². The summed E-state index contributed by atoms with van der Waals surface area (Å²) in [4.78, 5) is 43.3. The van der Waals surface area contributed by atoms with E-state index in [1.54, 1.807) is 20.3 Å². The Bertz CT molecular complexity index is 2670. The second-order valence-corrected chi connectivity index (χ2v) is 23.1. The number of amides is 2. The first-order chi connectivity index (χ1) is 41.4. The van der Waals surface area contributed by atoms with Crippen LogP contribution in [0.2, 0.25) is 0 Å². The number of rotatable bonds is 46. The van der Waals surface area contributed by atoms with Crippen LogP contribution in [-0.2, 0) is 97.0 Å².